The lowest BCUT2D eigenvalue weighted by molar-refractivity contribution is 0.666. The number of rotatable bonds is 6. The quantitative estimate of drug-likeness (QED) is 0.884. The number of aromatic nitrogens is 2. The van der Waals surface area contributed by atoms with Crippen molar-refractivity contribution in [2.75, 3.05) is 5.32 Å². The fraction of sp³-hybridized carbons (Fsp3) is 0.467. The van der Waals surface area contributed by atoms with Gasteiger partial charge in [-0.1, -0.05) is 19.4 Å². The van der Waals surface area contributed by atoms with Crippen molar-refractivity contribution in [3.8, 4) is 0 Å². The molecule has 2 aromatic rings. The molecule has 106 valence electrons. The van der Waals surface area contributed by atoms with E-state index in [2.05, 4.69) is 28.7 Å². The predicted molar refractivity (Wildman–Crippen MR) is 82.4 cm³/mol. The van der Waals surface area contributed by atoms with Crippen molar-refractivity contribution in [1.29, 1.82) is 0 Å². The number of hydrogen-bond donors (Lipinski definition) is 1. The summed E-state index contributed by atoms with van der Waals surface area (Å²) in [5, 5.41) is 5.41. The molecule has 1 unspecified atom stereocenters. The van der Waals surface area contributed by atoms with Crippen molar-refractivity contribution in [1.82, 2.24) is 9.55 Å². The number of nitrogens with zero attached hydrogens (tertiary/aromatic N) is 2. The Balaban J connectivity index is 1.85. The lowest BCUT2D eigenvalue weighted by Gasteiger charge is -2.17. The summed E-state index contributed by atoms with van der Waals surface area (Å²) >= 11 is 1.72. The molecule has 0 radical (unpaired) electrons. The van der Waals surface area contributed by atoms with Gasteiger partial charge in [0.2, 0.25) is 0 Å². The molecule has 1 fully saturated rings. The zero-order valence-electron chi connectivity index (χ0n) is 11.6. The maximum atomic E-state index is 12.4. The average molecular weight is 289 g/mol. The molecule has 1 N–H and O–H groups in total. The van der Waals surface area contributed by atoms with Gasteiger partial charge < -0.3 is 9.88 Å². The van der Waals surface area contributed by atoms with Crippen molar-refractivity contribution in [3.63, 3.8) is 0 Å². The van der Waals surface area contributed by atoms with E-state index in [9.17, 15) is 4.79 Å². The van der Waals surface area contributed by atoms with Crippen LogP contribution in [0.15, 0.2) is 34.7 Å². The molecule has 5 heteroatoms. The van der Waals surface area contributed by atoms with E-state index in [-0.39, 0.29) is 11.6 Å². The Morgan fingerprint density at radius 2 is 2.40 bits per heavy atom. The molecule has 0 bridgehead atoms. The molecule has 0 aliphatic heterocycles. The molecule has 1 atom stereocenters. The molecule has 4 nitrogen and oxygen atoms in total. The van der Waals surface area contributed by atoms with Crippen molar-refractivity contribution in [2.45, 2.75) is 44.7 Å². The largest absolute Gasteiger partial charge is 0.358 e. The Morgan fingerprint density at radius 3 is 3.05 bits per heavy atom. The minimum atomic E-state index is 0.00709. The number of nitrogens with one attached hydrogen (secondary N) is 1. The van der Waals surface area contributed by atoms with E-state index in [0.717, 1.165) is 25.7 Å². The summed E-state index contributed by atoms with van der Waals surface area (Å²) in [4.78, 5) is 17.9. The van der Waals surface area contributed by atoms with Crippen LogP contribution in [0.5, 0.6) is 0 Å². The summed E-state index contributed by atoms with van der Waals surface area (Å²) in [5.41, 5.74) is 0.00709. The third-order valence-corrected chi connectivity index (χ3v) is 4.57. The van der Waals surface area contributed by atoms with Gasteiger partial charge in [0.15, 0.2) is 5.82 Å². The third-order valence-electron chi connectivity index (χ3n) is 3.58. The molecule has 1 aliphatic carbocycles. The molecule has 0 amide bonds. The monoisotopic (exact) mass is 289 g/mol. The Labute approximate surface area is 122 Å². The Morgan fingerprint density at radius 1 is 1.55 bits per heavy atom. The zero-order chi connectivity index (χ0) is 13.9. The summed E-state index contributed by atoms with van der Waals surface area (Å²) in [7, 11) is 0. The SMILES string of the molecule is CCCC(Nc1nccn(C2CC2)c1=O)c1cccs1. The van der Waals surface area contributed by atoms with Gasteiger partial charge in [-0.25, -0.2) is 4.98 Å². The highest BCUT2D eigenvalue weighted by Crippen LogP contribution is 2.33. The van der Waals surface area contributed by atoms with Crippen molar-refractivity contribution in [3.05, 3.63) is 45.1 Å². The van der Waals surface area contributed by atoms with Crippen LogP contribution in [0.1, 0.15) is 49.6 Å². The minimum Gasteiger partial charge on any atom is -0.358 e. The first-order valence-corrected chi connectivity index (χ1v) is 8.04. The van der Waals surface area contributed by atoms with Crippen LogP contribution in [-0.2, 0) is 0 Å². The zero-order valence-corrected chi connectivity index (χ0v) is 12.4. The van der Waals surface area contributed by atoms with Crippen LogP contribution in [-0.4, -0.2) is 9.55 Å². The lowest BCUT2D eigenvalue weighted by atomic mass is 10.1. The van der Waals surface area contributed by atoms with Gasteiger partial charge in [-0.15, -0.1) is 11.3 Å². The lowest BCUT2D eigenvalue weighted by Crippen LogP contribution is -2.25. The van der Waals surface area contributed by atoms with Crippen LogP contribution in [0.2, 0.25) is 0 Å². The second kappa shape index (κ2) is 5.79. The second-order valence-electron chi connectivity index (χ2n) is 5.22. The maximum Gasteiger partial charge on any atom is 0.293 e. The first-order valence-electron chi connectivity index (χ1n) is 7.16. The molecule has 1 aliphatic rings. The summed E-state index contributed by atoms with van der Waals surface area (Å²) in [6, 6.07) is 4.72. The van der Waals surface area contributed by atoms with Crippen molar-refractivity contribution >= 4 is 17.2 Å². The Bertz CT molecular complexity index is 616. The first kappa shape index (κ1) is 13.4. The van der Waals surface area contributed by atoms with Gasteiger partial charge in [0.05, 0.1) is 6.04 Å². The average Bonchev–Trinajstić information content (AvgIpc) is 3.14. The highest BCUT2D eigenvalue weighted by molar-refractivity contribution is 7.10. The number of thiophene rings is 1. The second-order valence-corrected chi connectivity index (χ2v) is 6.20. The molecule has 0 saturated heterocycles. The molecule has 20 heavy (non-hydrogen) atoms. The van der Waals surface area contributed by atoms with Gasteiger partial charge in [-0.05, 0) is 30.7 Å². The molecule has 2 heterocycles. The van der Waals surface area contributed by atoms with E-state index in [1.807, 2.05) is 10.6 Å². The summed E-state index contributed by atoms with van der Waals surface area (Å²) < 4.78 is 1.81. The van der Waals surface area contributed by atoms with Crippen molar-refractivity contribution < 1.29 is 0 Å². The van der Waals surface area contributed by atoms with Crippen LogP contribution in [0.25, 0.3) is 0 Å². The maximum absolute atomic E-state index is 12.4. The number of anilines is 1. The molecule has 0 spiro atoms. The topological polar surface area (TPSA) is 46.9 Å². The van der Waals surface area contributed by atoms with Crippen LogP contribution in [0.4, 0.5) is 5.82 Å². The van der Waals surface area contributed by atoms with E-state index in [4.69, 9.17) is 0 Å². The normalized spacial score (nSPS) is 16.1. The third kappa shape index (κ3) is 2.77. The van der Waals surface area contributed by atoms with E-state index in [1.54, 1.807) is 23.7 Å². The first-order chi connectivity index (χ1) is 9.79. The van der Waals surface area contributed by atoms with Gasteiger partial charge in [0.25, 0.3) is 5.56 Å². The molecule has 0 aromatic carbocycles. The standard InChI is InChI=1S/C15H19N3OS/c1-2-4-12(13-5-3-10-20-13)17-14-15(19)18(9-8-16-14)11-6-7-11/h3,5,8-12H,2,4,6-7H2,1H3,(H,16,17). The summed E-state index contributed by atoms with van der Waals surface area (Å²) in [6.45, 7) is 2.16. The van der Waals surface area contributed by atoms with E-state index < -0.39 is 0 Å². The van der Waals surface area contributed by atoms with Gasteiger partial charge >= 0.3 is 0 Å². The van der Waals surface area contributed by atoms with E-state index in [1.165, 1.54) is 4.88 Å². The van der Waals surface area contributed by atoms with E-state index in [0.29, 0.717) is 11.9 Å². The highest BCUT2D eigenvalue weighted by atomic mass is 32.1. The van der Waals surface area contributed by atoms with Gasteiger partial charge in [-0.2, -0.15) is 0 Å². The molecule has 2 aromatic heterocycles. The highest BCUT2D eigenvalue weighted by Gasteiger charge is 2.25. The Hall–Kier alpha value is -1.62. The van der Waals surface area contributed by atoms with Crippen LogP contribution < -0.4 is 10.9 Å². The van der Waals surface area contributed by atoms with Crippen LogP contribution in [0.3, 0.4) is 0 Å². The molecular formula is C15H19N3OS. The van der Waals surface area contributed by atoms with Crippen LogP contribution in [0, 0.1) is 0 Å². The summed E-state index contributed by atoms with van der Waals surface area (Å²) in [6.07, 6.45) is 7.79. The smallest absolute Gasteiger partial charge is 0.293 e. The minimum absolute atomic E-state index is 0.00709. The summed E-state index contributed by atoms with van der Waals surface area (Å²) in [5.74, 6) is 0.478. The number of hydrogen-bond acceptors (Lipinski definition) is 4. The van der Waals surface area contributed by atoms with Gasteiger partial charge in [0, 0.05) is 23.3 Å². The van der Waals surface area contributed by atoms with Gasteiger partial charge in [-0.3, -0.25) is 4.79 Å². The molecule has 3 rings (SSSR count). The Kier molecular flexibility index (Phi) is 3.87. The van der Waals surface area contributed by atoms with E-state index >= 15 is 0 Å². The fourth-order valence-electron chi connectivity index (χ4n) is 2.39. The molecular weight excluding hydrogens is 270 g/mol. The predicted octanol–water partition coefficient (Wildman–Crippen LogP) is 3.59. The molecule has 1 saturated carbocycles. The fourth-order valence-corrected chi connectivity index (χ4v) is 3.21. The van der Waals surface area contributed by atoms with Crippen molar-refractivity contribution in [2.24, 2.45) is 0 Å². The van der Waals surface area contributed by atoms with Crippen LogP contribution >= 0.6 is 11.3 Å². The van der Waals surface area contributed by atoms with Gasteiger partial charge in [0.1, 0.15) is 0 Å².